The van der Waals surface area contributed by atoms with E-state index in [0.717, 1.165) is 25.2 Å². The van der Waals surface area contributed by atoms with Crippen molar-refractivity contribution in [2.75, 3.05) is 0 Å². The first-order valence-electron chi connectivity index (χ1n) is 7.84. The summed E-state index contributed by atoms with van der Waals surface area (Å²) in [6.45, 7) is 4.31. The molecule has 2 rings (SSSR count). The predicted octanol–water partition coefficient (Wildman–Crippen LogP) is 5.06. The molecule has 0 saturated heterocycles. The van der Waals surface area contributed by atoms with Crippen LogP contribution in [0.15, 0.2) is 59.9 Å². The second-order valence-electron chi connectivity index (χ2n) is 5.75. The highest BCUT2D eigenvalue weighted by molar-refractivity contribution is 5.22. The Morgan fingerprint density at radius 3 is 2.75 bits per heavy atom. The molecule has 1 aliphatic carbocycles. The van der Waals surface area contributed by atoms with Crippen molar-refractivity contribution in [1.29, 1.82) is 0 Å². The zero-order valence-corrected chi connectivity index (χ0v) is 12.8. The fourth-order valence-corrected chi connectivity index (χ4v) is 3.02. The van der Waals surface area contributed by atoms with Gasteiger partial charge in [0.15, 0.2) is 0 Å². The normalized spacial score (nSPS) is 29.9. The Labute approximate surface area is 123 Å². The maximum atomic E-state index is 3.73. The van der Waals surface area contributed by atoms with Crippen molar-refractivity contribution in [3.05, 3.63) is 59.9 Å². The highest BCUT2D eigenvalue weighted by Gasteiger charge is 2.26. The third kappa shape index (κ3) is 4.26. The summed E-state index contributed by atoms with van der Waals surface area (Å²) in [6, 6.07) is 0.618. The fraction of sp³-hybridized carbons (Fsp3) is 0.474. The van der Waals surface area contributed by atoms with E-state index < -0.39 is 0 Å². The Kier molecular flexibility index (Phi) is 5.91. The number of rotatable bonds is 4. The molecule has 1 N–H and O–H groups in total. The Balaban J connectivity index is 1.96. The minimum atomic E-state index is 0.618. The Bertz CT molecular complexity index is 448. The van der Waals surface area contributed by atoms with Crippen molar-refractivity contribution in [3.63, 3.8) is 0 Å². The maximum absolute atomic E-state index is 3.73. The van der Waals surface area contributed by atoms with E-state index in [2.05, 4.69) is 67.8 Å². The number of fused-ring (bicyclic) bond motifs is 1. The lowest BCUT2D eigenvalue weighted by Gasteiger charge is -2.35. The van der Waals surface area contributed by atoms with Gasteiger partial charge < -0.3 is 5.32 Å². The Morgan fingerprint density at radius 1 is 1.15 bits per heavy atom. The monoisotopic (exact) mass is 269 g/mol. The van der Waals surface area contributed by atoms with Crippen LogP contribution in [0.1, 0.15) is 46.0 Å². The van der Waals surface area contributed by atoms with Crippen LogP contribution in [0.2, 0.25) is 0 Å². The zero-order valence-electron chi connectivity index (χ0n) is 12.8. The molecule has 0 aromatic carbocycles. The molecule has 2 unspecified atom stereocenters. The van der Waals surface area contributed by atoms with Crippen LogP contribution < -0.4 is 5.32 Å². The molecule has 1 heterocycles. The minimum Gasteiger partial charge on any atom is -0.385 e. The first-order valence-corrected chi connectivity index (χ1v) is 7.84. The van der Waals surface area contributed by atoms with Crippen LogP contribution in [0.25, 0.3) is 0 Å². The third-order valence-corrected chi connectivity index (χ3v) is 4.26. The van der Waals surface area contributed by atoms with E-state index in [9.17, 15) is 0 Å². The van der Waals surface area contributed by atoms with Crippen LogP contribution in [0, 0.1) is 5.92 Å². The number of nitrogens with one attached hydrogen (secondary N) is 1. The van der Waals surface area contributed by atoms with Crippen molar-refractivity contribution < 1.29 is 0 Å². The molecule has 2 aliphatic rings. The molecule has 0 fully saturated rings. The van der Waals surface area contributed by atoms with Crippen molar-refractivity contribution in [1.82, 2.24) is 5.32 Å². The van der Waals surface area contributed by atoms with Gasteiger partial charge in [-0.15, -0.1) is 0 Å². The highest BCUT2D eigenvalue weighted by Crippen LogP contribution is 2.31. The minimum absolute atomic E-state index is 0.618. The van der Waals surface area contributed by atoms with Crippen LogP contribution in [-0.4, -0.2) is 6.04 Å². The second-order valence-corrected chi connectivity index (χ2v) is 5.75. The van der Waals surface area contributed by atoms with Gasteiger partial charge in [-0.25, -0.2) is 0 Å². The average molecular weight is 269 g/mol. The summed E-state index contributed by atoms with van der Waals surface area (Å²) < 4.78 is 0. The molecular weight excluding hydrogens is 242 g/mol. The molecule has 1 heteroatoms. The lowest BCUT2D eigenvalue weighted by molar-refractivity contribution is 0.347. The summed E-state index contributed by atoms with van der Waals surface area (Å²) >= 11 is 0. The SMILES string of the molecule is CC=CC/C=C\CC1=C(C)NC2C/C=C\C=C/CC2C1. The maximum Gasteiger partial charge on any atom is 0.0326 e. The lowest BCUT2D eigenvalue weighted by Crippen LogP contribution is -2.39. The van der Waals surface area contributed by atoms with Crippen molar-refractivity contribution in [2.45, 2.75) is 52.0 Å². The first-order chi connectivity index (χ1) is 9.81. The van der Waals surface area contributed by atoms with Gasteiger partial charge in [0, 0.05) is 11.7 Å². The molecule has 108 valence electrons. The summed E-state index contributed by atoms with van der Waals surface area (Å²) in [4.78, 5) is 0. The standard InChI is InChI=1S/C19H27N/c1-3-4-5-6-9-12-17-15-18-13-10-7-8-11-14-19(18)20-16(17)2/h3-4,6-11,18-20H,5,12-15H2,1-2H3/b4-3?,9-6-,10-7-,11-8-. The van der Waals surface area contributed by atoms with Crippen LogP contribution in [0.3, 0.4) is 0 Å². The quantitative estimate of drug-likeness (QED) is 0.704. The van der Waals surface area contributed by atoms with Crippen molar-refractivity contribution >= 4 is 0 Å². The smallest absolute Gasteiger partial charge is 0.0326 e. The van der Waals surface area contributed by atoms with E-state index in [1.54, 1.807) is 5.57 Å². The second kappa shape index (κ2) is 7.94. The van der Waals surface area contributed by atoms with Crippen LogP contribution >= 0.6 is 0 Å². The van der Waals surface area contributed by atoms with E-state index >= 15 is 0 Å². The highest BCUT2D eigenvalue weighted by atomic mass is 14.9. The van der Waals surface area contributed by atoms with Gasteiger partial charge in [0.25, 0.3) is 0 Å². The molecule has 1 aliphatic heterocycles. The number of hydrogen-bond acceptors (Lipinski definition) is 1. The molecule has 1 nitrogen and oxygen atoms in total. The van der Waals surface area contributed by atoms with Crippen LogP contribution in [-0.2, 0) is 0 Å². The van der Waals surface area contributed by atoms with Gasteiger partial charge >= 0.3 is 0 Å². The average Bonchev–Trinajstić information content (AvgIpc) is 2.42. The largest absolute Gasteiger partial charge is 0.385 e. The molecule has 0 aromatic rings. The summed E-state index contributed by atoms with van der Waals surface area (Å²) in [6.07, 6.45) is 23.6. The predicted molar refractivity (Wildman–Crippen MR) is 88.4 cm³/mol. The van der Waals surface area contributed by atoms with E-state index in [1.165, 1.54) is 18.5 Å². The molecule has 0 aromatic heterocycles. The fourth-order valence-electron chi connectivity index (χ4n) is 3.02. The number of allylic oxidation sites excluding steroid dienone is 9. The van der Waals surface area contributed by atoms with Gasteiger partial charge in [-0.2, -0.15) is 0 Å². The molecule has 20 heavy (non-hydrogen) atoms. The van der Waals surface area contributed by atoms with E-state index in [1.807, 2.05) is 0 Å². The third-order valence-electron chi connectivity index (χ3n) is 4.26. The summed E-state index contributed by atoms with van der Waals surface area (Å²) in [5, 5.41) is 3.73. The van der Waals surface area contributed by atoms with Crippen molar-refractivity contribution in [2.24, 2.45) is 5.92 Å². The lowest BCUT2D eigenvalue weighted by atomic mass is 9.82. The van der Waals surface area contributed by atoms with Crippen LogP contribution in [0.5, 0.6) is 0 Å². The molecular formula is C19H27N. The Morgan fingerprint density at radius 2 is 1.95 bits per heavy atom. The topological polar surface area (TPSA) is 12.0 Å². The molecule has 0 amide bonds. The van der Waals surface area contributed by atoms with E-state index in [0.29, 0.717) is 6.04 Å². The molecule has 0 radical (unpaired) electrons. The molecule has 2 atom stereocenters. The Hall–Kier alpha value is -1.50. The van der Waals surface area contributed by atoms with Gasteiger partial charge in [-0.3, -0.25) is 0 Å². The van der Waals surface area contributed by atoms with Gasteiger partial charge in [-0.1, -0.05) is 48.6 Å². The van der Waals surface area contributed by atoms with Gasteiger partial charge in [0.1, 0.15) is 0 Å². The summed E-state index contributed by atoms with van der Waals surface area (Å²) in [5.74, 6) is 0.749. The van der Waals surface area contributed by atoms with Crippen LogP contribution in [0.4, 0.5) is 0 Å². The van der Waals surface area contributed by atoms with Gasteiger partial charge in [0.2, 0.25) is 0 Å². The van der Waals surface area contributed by atoms with Crippen molar-refractivity contribution in [3.8, 4) is 0 Å². The summed E-state index contributed by atoms with van der Waals surface area (Å²) in [5.41, 5.74) is 2.99. The molecule has 0 bridgehead atoms. The number of hydrogen-bond donors (Lipinski definition) is 1. The molecule has 0 saturated carbocycles. The molecule has 0 spiro atoms. The van der Waals surface area contributed by atoms with E-state index in [-0.39, 0.29) is 0 Å². The first kappa shape index (κ1) is 14.9. The summed E-state index contributed by atoms with van der Waals surface area (Å²) in [7, 11) is 0. The van der Waals surface area contributed by atoms with E-state index in [4.69, 9.17) is 0 Å². The zero-order chi connectivity index (χ0) is 14.2. The van der Waals surface area contributed by atoms with Gasteiger partial charge in [0.05, 0.1) is 0 Å². The van der Waals surface area contributed by atoms with Gasteiger partial charge in [-0.05, 0) is 57.4 Å².